The van der Waals surface area contributed by atoms with Gasteiger partial charge in [-0.15, -0.1) is 0 Å². The lowest BCUT2D eigenvalue weighted by Gasteiger charge is -2.22. The Kier molecular flexibility index (Phi) is 6.52. The molecular formula is C19H23NO6. The van der Waals surface area contributed by atoms with Crippen LogP contribution in [-0.2, 0) is 35.0 Å². The number of nitrogens with one attached hydrogen (secondary N) is 1. The highest BCUT2D eigenvalue weighted by molar-refractivity contribution is 5.84. The average Bonchev–Trinajstić information content (AvgIpc) is 3.36. The van der Waals surface area contributed by atoms with Gasteiger partial charge < -0.3 is 19.5 Å². The highest BCUT2D eigenvalue weighted by Crippen LogP contribution is 2.33. The average molecular weight is 361 g/mol. The number of epoxide rings is 1. The Morgan fingerprint density at radius 2 is 1.96 bits per heavy atom. The molecule has 1 aliphatic heterocycles. The molecule has 1 aliphatic rings. The molecule has 140 valence electrons. The normalized spacial score (nSPS) is 20.9. The van der Waals surface area contributed by atoms with Crippen LogP contribution in [-0.4, -0.2) is 49.3 Å². The Balaban J connectivity index is 2.11. The fraction of sp³-hybridized carbons (Fsp3) is 0.421. The van der Waals surface area contributed by atoms with Gasteiger partial charge in [0.05, 0.1) is 13.7 Å². The fourth-order valence-corrected chi connectivity index (χ4v) is 2.38. The van der Waals surface area contributed by atoms with Crippen molar-refractivity contribution in [3.63, 3.8) is 0 Å². The van der Waals surface area contributed by atoms with Gasteiger partial charge in [-0.25, -0.2) is 9.59 Å². The minimum absolute atomic E-state index is 0.296. The third-order valence-electron chi connectivity index (χ3n) is 4.00. The Labute approximate surface area is 152 Å². The van der Waals surface area contributed by atoms with E-state index in [0.717, 1.165) is 5.56 Å². The van der Waals surface area contributed by atoms with Crippen molar-refractivity contribution < 1.29 is 28.6 Å². The molecule has 0 saturated carbocycles. The molecule has 1 aromatic carbocycles. The van der Waals surface area contributed by atoms with Crippen LogP contribution in [0.4, 0.5) is 0 Å². The van der Waals surface area contributed by atoms with Gasteiger partial charge in [-0.2, -0.15) is 0 Å². The van der Waals surface area contributed by atoms with Crippen molar-refractivity contribution in [1.82, 2.24) is 5.32 Å². The highest BCUT2D eigenvalue weighted by Gasteiger charge is 2.49. The second kappa shape index (κ2) is 8.62. The number of hydrogen-bond acceptors (Lipinski definition) is 6. The van der Waals surface area contributed by atoms with Gasteiger partial charge in [0, 0.05) is 19.4 Å². The van der Waals surface area contributed by atoms with Gasteiger partial charge >= 0.3 is 11.9 Å². The minimum Gasteiger partial charge on any atom is -0.466 e. The molecule has 1 amide bonds. The first-order valence-electron chi connectivity index (χ1n) is 8.25. The number of hydrogen-bond donors (Lipinski definition) is 1. The molecule has 3 atom stereocenters. The number of carbonyl (C=O) groups is 3. The highest BCUT2D eigenvalue weighted by atomic mass is 16.6. The lowest BCUT2D eigenvalue weighted by Crippen LogP contribution is -2.45. The number of ether oxygens (including phenoxy) is 3. The van der Waals surface area contributed by atoms with E-state index >= 15 is 0 Å². The van der Waals surface area contributed by atoms with Crippen molar-refractivity contribution in [3.05, 3.63) is 48.0 Å². The van der Waals surface area contributed by atoms with E-state index in [9.17, 15) is 14.4 Å². The van der Waals surface area contributed by atoms with Crippen molar-refractivity contribution in [2.45, 2.75) is 38.0 Å². The van der Waals surface area contributed by atoms with Gasteiger partial charge in [0.15, 0.2) is 6.10 Å². The first-order chi connectivity index (χ1) is 12.3. The third-order valence-corrected chi connectivity index (χ3v) is 4.00. The van der Waals surface area contributed by atoms with E-state index in [-0.39, 0.29) is 5.91 Å². The molecule has 1 fully saturated rings. The maximum absolute atomic E-state index is 12.6. The van der Waals surface area contributed by atoms with Crippen molar-refractivity contribution in [1.29, 1.82) is 0 Å². The van der Waals surface area contributed by atoms with Crippen LogP contribution in [0.5, 0.6) is 0 Å². The summed E-state index contributed by atoms with van der Waals surface area (Å²) in [5.74, 6) is -1.49. The van der Waals surface area contributed by atoms with Crippen LogP contribution in [0.3, 0.4) is 0 Å². The van der Waals surface area contributed by atoms with Gasteiger partial charge in [-0.3, -0.25) is 4.79 Å². The third kappa shape index (κ3) is 5.70. The molecule has 1 heterocycles. The molecule has 0 aliphatic carbocycles. The summed E-state index contributed by atoms with van der Waals surface area (Å²) < 4.78 is 15.4. The summed E-state index contributed by atoms with van der Waals surface area (Å²) in [6.45, 7) is 3.52. The van der Waals surface area contributed by atoms with E-state index in [2.05, 4.69) is 10.1 Å². The first-order valence-corrected chi connectivity index (χ1v) is 8.25. The van der Waals surface area contributed by atoms with Gasteiger partial charge in [0.2, 0.25) is 5.91 Å². The zero-order chi connectivity index (χ0) is 19.2. The van der Waals surface area contributed by atoms with Crippen molar-refractivity contribution in [2.24, 2.45) is 0 Å². The monoisotopic (exact) mass is 361 g/mol. The number of rotatable bonds is 8. The van der Waals surface area contributed by atoms with E-state index in [1.807, 2.05) is 30.3 Å². The molecule has 0 unspecified atom stereocenters. The lowest BCUT2D eigenvalue weighted by atomic mass is 10.0. The van der Waals surface area contributed by atoms with E-state index < -0.39 is 29.7 Å². The van der Waals surface area contributed by atoms with E-state index in [1.165, 1.54) is 26.2 Å². The van der Waals surface area contributed by atoms with Crippen LogP contribution >= 0.6 is 0 Å². The molecule has 1 aromatic rings. The number of esters is 2. The predicted octanol–water partition coefficient (Wildman–Crippen LogP) is 1.16. The van der Waals surface area contributed by atoms with E-state index in [0.29, 0.717) is 13.0 Å². The Morgan fingerprint density at radius 1 is 1.31 bits per heavy atom. The van der Waals surface area contributed by atoms with E-state index in [1.54, 1.807) is 6.92 Å². The summed E-state index contributed by atoms with van der Waals surface area (Å²) >= 11 is 0. The number of methoxy groups -OCH3 is 1. The largest absolute Gasteiger partial charge is 0.466 e. The van der Waals surface area contributed by atoms with Gasteiger partial charge in [-0.1, -0.05) is 30.3 Å². The van der Waals surface area contributed by atoms with Crippen LogP contribution in [0.1, 0.15) is 19.4 Å². The maximum Gasteiger partial charge on any atom is 0.330 e. The molecule has 0 radical (unpaired) electrons. The fourth-order valence-electron chi connectivity index (χ4n) is 2.38. The molecule has 2 rings (SSSR count). The van der Waals surface area contributed by atoms with Crippen LogP contribution in [0.15, 0.2) is 42.5 Å². The maximum atomic E-state index is 12.6. The molecule has 1 N–H and O–H groups in total. The van der Waals surface area contributed by atoms with Gasteiger partial charge in [0.25, 0.3) is 0 Å². The Morgan fingerprint density at radius 3 is 2.50 bits per heavy atom. The second-order valence-corrected chi connectivity index (χ2v) is 6.28. The minimum atomic E-state index is -0.841. The molecule has 7 heteroatoms. The lowest BCUT2D eigenvalue weighted by molar-refractivity contribution is -0.153. The van der Waals surface area contributed by atoms with Crippen LogP contribution in [0.25, 0.3) is 0 Å². The summed E-state index contributed by atoms with van der Waals surface area (Å²) in [5, 5.41) is 2.61. The van der Waals surface area contributed by atoms with Crippen molar-refractivity contribution >= 4 is 17.8 Å². The standard InChI is InChI=1S/C19H23NO6/c1-13(21)20-15(11-14-7-5-4-6-8-14)18(23)26-16(19(2)12-25-19)9-10-17(22)24-3/h4-10,15-16H,11-12H2,1-3H3,(H,20,21)/b10-9+/t15-,16+,19+/m1/s1. The molecular weight excluding hydrogens is 338 g/mol. The molecule has 1 saturated heterocycles. The summed E-state index contributed by atoms with van der Waals surface area (Å²) in [6.07, 6.45) is 2.16. The number of benzene rings is 1. The number of carbonyl (C=O) groups excluding carboxylic acids is 3. The molecule has 26 heavy (non-hydrogen) atoms. The number of amides is 1. The molecule has 7 nitrogen and oxygen atoms in total. The zero-order valence-corrected chi connectivity index (χ0v) is 15.1. The first kappa shape index (κ1) is 19.7. The summed E-state index contributed by atoms with van der Waals surface area (Å²) in [7, 11) is 1.26. The zero-order valence-electron chi connectivity index (χ0n) is 15.1. The molecule has 0 aromatic heterocycles. The molecule has 0 spiro atoms. The predicted molar refractivity (Wildman–Crippen MR) is 93.1 cm³/mol. The van der Waals surface area contributed by atoms with Crippen LogP contribution < -0.4 is 5.32 Å². The summed E-state index contributed by atoms with van der Waals surface area (Å²) in [4.78, 5) is 35.4. The summed E-state index contributed by atoms with van der Waals surface area (Å²) in [6, 6.07) is 8.46. The van der Waals surface area contributed by atoms with E-state index in [4.69, 9.17) is 9.47 Å². The van der Waals surface area contributed by atoms with Crippen LogP contribution in [0.2, 0.25) is 0 Å². The smallest absolute Gasteiger partial charge is 0.330 e. The van der Waals surface area contributed by atoms with Crippen LogP contribution in [0, 0.1) is 0 Å². The Hall–Kier alpha value is -2.67. The van der Waals surface area contributed by atoms with Gasteiger partial charge in [0.1, 0.15) is 11.6 Å². The summed E-state index contributed by atoms with van der Waals surface area (Å²) in [5.41, 5.74) is 0.201. The van der Waals surface area contributed by atoms with Gasteiger partial charge in [-0.05, 0) is 18.6 Å². The SMILES string of the molecule is COC(=O)/C=C/[C@H](OC(=O)[C@@H](Cc1ccccc1)NC(C)=O)[C@]1(C)CO1. The quantitative estimate of drug-likeness (QED) is 0.424. The van der Waals surface area contributed by atoms with Crippen molar-refractivity contribution in [3.8, 4) is 0 Å². The topological polar surface area (TPSA) is 94.2 Å². The Bertz CT molecular complexity index is 681. The van der Waals surface area contributed by atoms with Crippen molar-refractivity contribution in [2.75, 3.05) is 13.7 Å². The molecule has 0 bridgehead atoms. The second-order valence-electron chi connectivity index (χ2n) is 6.28.